The van der Waals surface area contributed by atoms with E-state index < -0.39 is 16.0 Å². The van der Waals surface area contributed by atoms with E-state index in [9.17, 15) is 18.0 Å². The number of ether oxygens (including phenoxy) is 2. The molecule has 1 saturated heterocycles. The zero-order valence-electron chi connectivity index (χ0n) is 15.6. The van der Waals surface area contributed by atoms with Crippen molar-refractivity contribution in [3.8, 4) is 5.75 Å². The molecular weight excluding hydrogens is 396 g/mol. The molecule has 0 radical (unpaired) electrons. The van der Waals surface area contributed by atoms with Crippen molar-refractivity contribution in [3.63, 3.8) is 0 Å². The van der Waals surface area contributed by atoms with Gasteiger partial charge in [-0.1, -0.05) is 6.07 Å². The topological polar surface area (TPSA) is 102 Å². The second-order valence-corrected chi connectivity index (χ2v) is 8.74. The Morgan fingerprint density at radius 2 is 1.86 bits per heavy atom. The molecule has 0 unspecified atom stereocenters. The monoisotopic (exact) mass is 416 g/mol. The number of aryl methyl sites for hydroxylation is 1. The molecule has 2 aliphatic rings. The number of amides is 1. The molecule has 4 rings (SSSR count). The van der Waals surface area contributed by atoms with Gasteiger partial charge in [0.1, 0.15) is 5.75 Å². The van der Waals surface area contributed by atoms with Gasteiger partial charge in [0, 0.05) is 25.2 Å². The summed E-state index contributed by atoms with van der Waals surface area (Å²) in [5, 5.41) is 2.77. The molecule has 1 amide bonds. The summed E-state index contributed by atoms with van der Waals surface area (Å²) in [4.78, 5) is 24.1. The number of hydrogen-bond acceptors (Lipinski definition) is 6. The first-order valence-corrected chi connectivity index (χ1v) is 10.7. The van der Waals surface area contributed by atoms with Gasteiger partial charge in [-0.25, -0.2) is 13.2 Å². The van der Waals surface area contributed by atoms with E-state index in [4.69, 9.17) is 9.47 Å². The van der Waals surface area contributed by atoms with Crippen LogP contribution in [0.15, 0.2) is 47.4 Å². The lowest BCUT2D eigenvalue weighted by molar-refractivity contribution is -0.116. The fraction of sp³-hybridized carbons (Fsp3) is 0.300. The number of carbonyl (C=O) groups is 2. The van der Waals surface area contributed by atoms with Crippen molar-refractivity contribution >= 4 is 27.6 Å². The average molecular weight is 416 g/mol. The number of fused-ring (bicyclic) bond motifs is 1. The first-order valence-electron chi connectivity index (χ1n) is 9.26. The van der Waals surface area contributed by atoms with Gasteiger partial charge >= 0.3 is 5.97 Å². The fourth-order valence-corrected chi connectivity index (χ4v) is 4.76. The Kier molecular flexibility index (Phi) is 5.35. The lowest BCUT2D eigenvalue weighted by Crippen LogP contribution is -2.40. The Labute approximate surface area is 168 Å². The van der Waals surface area contributed by atoms with E-state index in [0.29, 0.717) is 37.5 Å². The summed E-state index contributed by atoms with van der Waals surface area (Å²) < 4.78 is 37.6. The van der Waals surface area contributed by atoms with Crippen molar-refractivity contribution in [2.45, 2.75) is 17.7 Å². The van der Waals surface area contributed by atoms with Gasteiger partial charge in [0.25, 0.3) is 0 Å². The highest BCUT2D eigenvalue weighted by Gasteiger charge is 2.27. The quantitative estimate of drug-likeness (QED) is 0.603. The minimum atomic E-state index is -3.70. The molecule has 2 heterocycles. The molecular formula is C20H20N2O6S. The van der Waals surface area contributed by atoms with E-state index in [1.807, 2.05) is 0 Å². The number of morpholine rings is 1. The Morgan fingerprint density at radius 3 is 2.66 bits per heavy atom. The highest BCUT2D eigenvalue weighted by atomic mass is 32.2. The van der Waals surface area contributed by atoms with E-state index >= 15 is 0 Å². The third-order valence-corrected chi connectivity index (χ3v) is 6.75. The summed E-state index contributed by atoms with van der Waals surface area (Å²) in [7, 11) is -3.70. The van der Waals surface area contributed by atoms with Gasteiger partial charge in [-0.15, -0.1) is 0 Å². The summed E-state index contributed by atoms with van der Waals surface area (Å²) >= 11 is 0. The summed E-state index contributed by atoms with van der Waals surface area (Å²) in [5.74, 6) is -0.351. The average Bonchev–Trinajstić information content (AvgIpc) is 2.74. The van der Waals surface area contributed by atoms with Crippen LogP contribution in [-0.4, -0.2) is 50.9 Å². The number of benzene rings is 2. The van der Waals surface area contributed by atoms with Crippen molar-refractivity contribution in [2.75, 3.05) is 31.6 Å². The van der Waals surface area contributed by atoms with Crippen LogP contribution in [0.5, 0.6) is 5.75 Å². The molecule has 1 fully saturated rings. The van der Waals surface area contributed by atoms with Gasteiger partial charge in [0.05, 0.1) is 23.7 Å². The number of esters is 1. The molecule has 152 valence electrons. The number of anilines is 1. The normalized spacial score (nSPS) is 17.3. The lowest BCUT2D eigenvalue weighted by Gasteiger charge is -2.26. The summed E-state index contributed by atoms with van der Waals surface area (Å²) in [5.41, 5.74) is 1.74. The van der Waals surface area contributed by atoms with Crippen LogP contribution in [-0.2, 0) is 26.0 Å². The second kappa shape index (κ2) is 7.94. The maximum absolute atomic E-state index is 12.8. The Bertz CT molecular complexity index is 1060. The second-order valence-electron chi connectivity index (χ2n) is 6.80. The molecule has 0 aliphatic carbocycles. The summed E-state index contributed by atoms with van der Waals surface area (Å²) in [6.45, 7) is 1.25. The van der Waals surface area contributed by atoms with E-state index in [1.54, 1.807) is 18.2 Å². The third kappa shape index (κ3) is 4.16. The number of hydrogen-bond donors (Lipinski definition) is 1. The van der Waals surface area contributed by atoms with Crippen molar-refractivity contribution in [1.82, 2.24) is 4.31 Å². The Balaban J connectivity index is 1.52. The highest BCUT2D eigenvalue weighted by Crippen LogP contribution is 2.27. The van der Waals surface area contributed by atoms with Crippen LogP contribution in [0.25, 0.3) is 0 Å². The van der Waals surface area contributed by atoms with Crippen LogP contribution in [0.2, 0.25) is 0 Å². The van der Waals surface area contributed by atoms with Crippen molar-refractivity contribution < 1.29 is 27.5 Å². The first-order chi connectivity index (χ1) is 13.9. The van der Waals surface area contributed by atoms with E-state index in [-0.39, 0.29) is 29.5 Å². The number of nitrogens with one attached hydrogen (secondary N) is 1. The molecule has 0 bridgehead atoms. The molecule has 2 aliphatic heterocycles. The van der Waals surface area contributed by atoms with Crippen LogP contribution >= 0.6 is 0 Å². The van der Waals surface area contributed by atoms with Crippen molar-refractivity contribution in [3.05, 3.63) is 53.6 Å². The van der Waals surface area contributed by atoms with Gasteiger partial charge < -0.3 is 14.8 Å². The first kappa shape index (κ1) is 19.6. The zero-order chi connectivity index (χ0) is 20.4. The van der Waals surface area contributed by atoms with Crippen molar-refractivity contribution in [2.24, 2.45) is 0 Å². The molecule has 0 atom stereocenters. The van der Waals surface area contributed by atoms with E-state index in [2.05, 4.69) is 5.32 Å². The smallest absolute Gasteiger partial charge is 0.343 e. The SMILES string of the molecule is O=C1CCc2cc(OC(=O)c3cccc(S(=O)(=O)N4CCOCC4)c3)ccc2N1. The largest absolute Gasteiger partial charge is 0.423 e. The minimum absolute atomic E-state index is 0.0412. The van der Waals surface area contributed by atoms with Gasteiger partial charge in [0.2, 0.25) is 15.9 Å². The van der Waals surface area contributed by atoms with Crippen LogP contribution < -0.4 is 10.1 Å². The zero-order valence-corrected chi connectivity index (χ0v) is 16.4. The summed E-state index contributed by atoms with van der Waals surface area (Å²) in [6, 6.07) is 10.8. The lowest BCUT2D eigenvalue weighted by atomic mass is 10.0. The number of carbonyl (C=O) groups excluding carboxylic acids is 2. The van der Waals surface area contributed by atoms with Crippen LogP contribution in [0.1, 0.15) is 22.3 Å². The predicted octanol–water partition coefficient (Wildman–Crippen LogP) is 1.81. The van der Waals surface area contributed by atoms with Gasteiger partial charge in [0.15, 0.2) is 0 Å². The Hall–Kier alpha value is -2.75. The van der Waals surface area contributed by atoms with Crippen LogP contribution in [0, 0.1) is 0 Å². The molecule has 0 saturated carbocycles. The molecule has 1 N–H and O–H groups in total. The molecule has 2 aromatic rings. The van der Waals surface area contributed by atoms with Crippen LogP contribution in [0.3, 0.4) is 0 Å². The van der Waals surface area contributed by atoms with Crippen molar-refractivity contribution in [1.29, 1.82) is 0 Å². The maximum Gasteiger partial charge on any atom is 0.343 e. The molecule has 29 heavy (non-hydrogen) atoms. The van der Waals surface area contributed by atoms with Gasteiger partial charge in [-0.3, -0.25) is 4.79 Å². The highest BCUT2D eigenvalue weighted by molar-refractivity contribution is 7.89. The minimum Gasteiger partial charge on any atom is -0.423 e. The van der Waals surface area contributed by atoms with Crippen LogP contribution in [0.4, 0.5) is 5.69 Å². The predicted molar refractivity (Wildman–Crippen MR) is 104 cm³/mol. The third-order valence-electron chi connectivity index (χ3n) is 4.86. The number of sulfonamides is 1. The van der Waals surface area contributed by atoms with E-state index in [0.717, 1.165) is 5.56 Å². The molecule has 8 nitrogen and oxygen atoms in total. The number of rotatable bonds is 4. The van der Waals surface area contributed by atoms with E-state index in [1.165, 1.54) is 28.6 Å². The Morgan fingerprint density at radius 1 is 1.07 bits per heavy atom. The van der Waals surface area contributed by atoms with Gasteiger partial charge in [-0.05, 0) is 48.4 Å². The number of nitrogens with zero attached hydrogens (tertiary/aromatic N) is 1. The molecule has 9 heteroatoms. The standard InChI is InChI=1S/C20H20N2O6S/c23-19-7-4-14-12-16(5-6-18(14)21-19)28-20(24)15-2-1-3-17(13-15)29(25,26)22-8-10-27-11-9-22/h1-3,5-6,12-13H,4,7-11H2,(H,21,23). The maximum atomic E-state index is 12.8. The molecule has 2 aromatic carbocycles. The molecule has 0 aromatic heterocycles. The summed E-state index contributed by atoms with van der Waals surface area (Å²) in [6.07, 6.45) is 0.950. The van der Waals surface area contributed by atoms with Gasteiger partial charge in [-0.2, -0.15) is 4.31 Å². The molecule has 0 spiro atoms. The fourth-order valence-electron chi connectivity index (χ4n) is 3.31.